The highest BCUT2D eigenvalue weighted by molar-refractivity contribution is 4.86. The van der Waals surface area contributed by atoms with Crippen LogP contribution in [0.4, 0.5) is 0 Å². The molecule has 1 N–H and O–H groups in total. The monoisotopic (exact) mass is 154 g/mol. The zero-order valence-electron chi connectivity index (χ0n) is 7.29. The molecule has 0 aromatic carbocycles. The minimum Gasteiger partial charge on any atom is -0.396 e. The van der Waals surface area contributed by atoms with Crippen molar-refractivity contribution < 1.29 is 5.11 Å². The van der Waals surface area contributed by atoms with Gasteiger partial charge in [-0.1, -0.05) is 24.3 Å². The van der Waals surface area contributed by atoms with E-state index in [1.165, 1.54) is 0 Å². The minimum absolute atomic E-state index is 0.305. The van der Waals surface area contributed by atoms with Crippen LogP contribution in [0.5, 0.6) is 0 Å². The molecule has 0 aliphatic rings. The van der Waals surface area contributed by atoms with Crippen LogP contribution in [0.15, 0.2) is 24.3 Å². The van der Waals surface area contributed by atoms with E-state index in [9.17, 15) is 0 Å². The Morgan fingerprint density at radius 1 is 1.00 bits per heavy atom. The van der Waals surface area contributed by atoms with Crippen LogP contribution in [0.1, 0.15) is 32.6 Å². The quantitative estimate of drug-likeness (QED) is 0.460. The van der Waals surface area contributed by atoms with Crippen molar-refractivity contribution in [3.63, 3.8) is 0 Å². The third kappa shape index (κ3) is 9.44. The summed E-state index contributed by atoms with van der Waals surface area (Å²) in [6, 6.07) is 0. The van der Waals surface area contributed by atoms with Crippen molar-refractivity contribution in [2.45, 2.75) is 32.6 Å². The third-order valence-electron chi connectivity index (χ3n) is 1.43. The van der Waals surface area contributed by atoms with Gasteiger partial charge in [0, 0.05) is 6.61 Å². The van der Waals surface area contributed by atoms with Gasteiger partial charge in [0.05, 0.1) is 0 Å². The van der Waals surface area contributed by atoms with Gasteiger partial charge in [-0.2, -0.15) is 0 Å². The van der Waals surface area contributed by atoms with Gasteiger partial charge in [-0.05, 0) is 32.6 Å². The average molecular weight is 154 g/mol. The van der Waals surface area contributed by atoms with E-state index in [4.69, 9.17) is 5.11 Å². The van der Waals surface area contributed by atoms with Crippen LogP contribution < -0.4 is 0 Å². The second kappa shape index (κ2) is 9.44. The maximum absolute atomic E-state index is 8.46. The molecule has 0 bridgehead atoms. The molecule has 0 aromatic rings. The summed E-state index contributed by atoms with van der Waals surface area (Å²) < 4.78 is 0. The van der Waals surface area contributed by atoms with Gasteiger partial charge < -0.3 is 5.11 Å². The van der Waals surface area contributed by atoms with Crippen molar-refractivity contribution >= 4 is 0 Å². The largest absolute Gasteiger partial charge is 0.396 e. The van der Waals surface area contributed by atoms with Crippen molar-refractivity contribution in [2.24, 2.45) is 0 Å². The molecule has 0 spiro atoms. The number of unbranched alkanes of at least 4 members (excludes halogenated alkanes) is 2. The van der Waals surface area contributed by atoms with Crippen molar-refractivity contribution in [2.75, 3.05) is 6.61 Å². The minimum atomic E-state index is 0.305. The van der Waals surface area contributed by atoms with Gasteiger partial charge in [-0.15, -0.1) is 0 Å². The third-order valence-corrected chi connectivity index (χ3v) is 1.43. The molecule has 1 nitrogen and oxygen atoms in total. The molecule has 0 amide bonds. The molecule has 0 radical (unpaired) electrons. The highest BCUT2D eigenvalue weighted by Crippen LogP contribution is 1.95. The predicted octanol–water partition coefficient (Wildman–Crippen LogP) is 2.67. The molecular weight excluding hydrogens is 136 g/mol. The predicted molar refractivity (Wildman–Crippen MR) is 49.5 cm³/mol. The number of aliphatic hydroxyl groups is 1. The van der Waals surface area contributed by atoms with E-state index in [2.05, 4.69) is 24.3 Å². The molecule has 0 aliphatic heterocycles. The summed E-state index contributed by atoms with van der Waals surface area (Å²) in [4.78, 5) is 0. The van der Waals surface area contributed by atoms with Gasteiger partial charge in [0.2, 0.25) is 0 Å². The Bertz CT molecular complexity index is 114. The first-order valence-corrected chi connectivity index (χ1v) is 4.28. The molecule has 0 saturated heterocycles. The fourth-order valence-corrected chi connectivity index (χ4v) is 0.804. The van der Waals surface area contributed by atoms with Crippen molar-refractivity contribution in [3.05, 3.63) is 24.3 Å². The number of aliphatic hydroxyl groups excluding tert-OH is 1. The summed E-state index contributed by atoms with van der Waals surface area (Å²) in [5.41, 5.74) is 0. The Morgan fingerprint density at radius 2 is 1.64 bits per heavy atom. The van der Waals surface area contributed by atoms with Crippen LogP contribution in [0.3, 0.4) is 0 Å². The van der Waals surface area contributed by atoms with Gasteiger partial charge in [-0.25, -0.2) is 0 Å². The number of allylic oxidation sites excluding steroid dienone is 4. The maximum Gasteiger partial charge on any atom is 0.0433 e. The second-order valence-electron chi connectivity index (χ2n) is 2.48. The smallest absolute Gasteiger partial charge is 0.0433 e. The number of hydrogen-bond donors (Lipinski definition) is 1. The summed E-state index contributed by atoms with van der Waals surface area (Å²) in [6.45, 7) is 2.34. The summed E-state index contributed by atoms with van der Waals surface area (Å²) in [5, 5.41) is 8.46. The first kappa shape index (κ1) is 10.4. The van der Waals surface area contributed by atoms with E-state index in [1.54, 1.807) is 0 Å². The Morgan fingerprint density at radius 3 is 2.27 bits per heavy atom. The van der Waals surface area contributed by atoms with Gasteiger partial charge in [0.15, 0.2) is 0 Å². The Labute approximate surface area is 69.4 Å². The van der Waals surface area contributed by atoms with Crippen molar-refractivity contribution in [1.29, 1.82) is 0 Å². The molecule has 0 aromatic heterocycles. The summed E-state index contributed by atoms with van der Waals surface area (Å²) in [7, 11) is 0. The van der Waals surface area contributed by atoms with Gasteiger partial charge >= 0.3 is 0 Å². The van der Waals surface area contributed by atoms with Crippen LogP contribution in [-0.4, -0.2) is 11.7 Å². The topological polar surface area (TPSA) is 20.2 Å². The molecule has 0 rings (SSSR count). The lowest BCUT2D eigenvalue weighted by atomic mass is 10.2. The molecular formula is C10H18O. The summed E-state index contributed by atoms with van der Waals surface area (Å²) in [6.07, 6.45) is 12.7. The molecule has 64 valence electrons. The fraction of sp³-hybridized carbons (Fsp3) is 0.600. The van der Waals surface area contributed by atoms with Crippen LogP contribution in [0.2, 0.25) is 0 Å². The van der Waals surface area contributed by atoms with Gasteiger partial charge in [0.25, 0.3) is 0 Å². The van der Waals surface area contributed by atoms with E-state index < -0.39 is 0 Å². The van der Waals surface area contributed by atoms with E-state index in [0.717, 1.165) is 25.7 Å². The van der Waals surface area contributed by atoms with Crippen LogP contribution in [0, 0.1) is 0 Å². The molecule has 0 aliphatic carbocycles. The highest BCUT2D eigenvalue weighted by Gasteiger charge is 1.78. The number of rotatable bonds is 6. The highest BCUT2D eigenvalue weighted by atomic mass is 16.2. The summed E-state index contributed by atoms with van der Waals surface area (Å²) in [5.74, 6) is 0. The van der Waals surface area contributed by atoms with Crippen molar-refractivity contribution in [1.82, 2.24) is 0 Å². The Hall–Kier alpha value is -0.560. The summed E-state index contributed by atoms with van der Waals surface area (Å²) >= 11 is 0. The lowest BCUT2D eigenvalue weighted by Gasteiger charge is -1.88. The molecule has 0 unspecified atom stereocenters. The van der Waals surface area contributed by atoms with E-state index in [1.807, 2.05) is 6.92 Å². The van der Waals surface area contributed by atoms with Crippen LogP contribution in [-0.2, 0) is 0 Å². The SMILES string of the molecule is CC=CCCC=CCCCO. The van der Waals surface area contributed by atoms with Crippen molar-refractivity contribution in [3.8, 4) is 0 Å². The van der Waals surface area contributed by atoms with Gasteiger partial charge in [-0.3, -0.25) is 0 Å². The molecule has 0 saturated carbocycles. The Balaban J connectivity index is 3.03. The molecule has 0 heterocycles. The zero-order chi connectivity index (χ0) is 8.36. The molecule has 1 heteroatoms. The first-order chi connectivity index (χ1) is 5.41. The molecule has 11 heavy (non-hydrogen) atoms. The lowest BCUT2D eigenvalue weighted by Crippen LogP contribution is -1.78. The maximum atomic E-state index is 8.46. The van der Waals surface area contributed by atoms with E-state index in [-0.39, 0.29) is 0 Å². The fourth-order valence-electron chi connectivity index (χ4n) is 0.804. The van der Waals surface area contributed by atoms with Gasteiger partial charge in [0.1, 0.15) is 0 Å². The average Bonchev–Trinajstić information content (AvgIpc) is 2.03. The van der Waals surface area contributed by atoms with E-state index >= 15 is 0 Å². The number of hydrogen-bond acceptors (Lipinski definition) is 1. The molecule has 0 atom stereocenters. The zero-order valence-corrected chi connectivity index (χ0v) is 7.29. The normalized spacial score (nSPS) is 11.8. The lowest BCUT2D eigenvalue weighted by molar-refractivity contribution is 0.289. The molecule has 0 fully saturated rings. The Kier molecular flexibility index (Phi) is 8.96. The van der Waals surface area contributed by atoms with Crippen LogP contribution in [0.25, 0.3) is 0 Å². The van der Waals surface area contributed by atoms with E-state index in [0.29, 0.717) is 6.61 Å². The standard InChI is InChI=1S/C10H18O/c1-2-3-4-5-6-7-8-9-10-11/h2-3,6-7,11H,4-5,8-10H2,1H3. The second-order valence-corrected chi connectivity index (χ2v) is 2.48. The van der Waals surface area contributed by atoms with Crippen LogP contribution >= 0.6 is 0 Å². The first-order valence-electron chi connectivity index (χ1n) is 4.28.